The SMILES string of the molecule is CC(=O)c1ccc(N2CCC(N(C)Cc3ccccc3)CC2)cc1.O=C(O)C=CC(=O)O. The minimum Gasteiger partial charge on any atom is -0.478 e. The Morgan fingerprint density at radius 3 is 1.94 bits per heavy atom. The zero-order valence-corrected chi connectivity index (χ0v) is 18.5. The van der Waals surface area contributed by atoms with Crippen LogP contribution in [0.4, 0.5) is 5.69 Å². The van der Waals surface area contributed by atoms with E-state index in [1.165, 1.54) is 24.1 Å². The van der Waals surface area contributed by atoms with Crippen LogP contribution < -0.4 is 4.90 Å². The van der Waals surface area contributed by atoms with Crippen LogP contribution in [0.2, 0.25) is 0 Å². The molecule has 0 aliphatic carbocycles. The largest absolute Gasteiger partial charge is 0.478 e. The molecular formula is C25H30N2O5. The van der Waals surface area contributed by atoms with Crippen LogP contribution in [0.3, 0.4) is 0 Å². The molecule has 2 aromatic rings. The molecule has 0 radical (unpaired) electrons. The fourth-order valence-electron chi connectivity index (χ4n) is 3.61. The lowest BCUT2D eigenvalue weighted by molar-refractivity contribution is -0.134. The molecule has 3 rings (SSSR count). The predicted molar refractivity (Wildman–Crippen MR) is 124 cm³/mol. The number of nitrogens with zero attached hydrogens (tertiary/aromatic N) is 2. The lowest BCUT2D eigenvalue weighted by Crippen LogP contribution is -2.43. The molecule has 7 heteroatoms. The van der Waals surface area contributed by atoms with Crippen molar-refractivity contribution in [1.82, 2.24) is 4.90 Å². The van der Waals surface area contributed by atoms with E-state index in [1.807, 2.05) is 12.1 Å². The first kappa shape index (κ1) is 24.8. The van der Waals surface area contributed by atoms with Gasteiger partial charge < -0.3 is 15.1 Å². The molecule has 32 heavy (non-hydrogen) atoms. The van der Waals surface area contributed by atoms with Crippen molar-refractivity contribution < 1.29 is 24.6 Å². The van der Waals surface area contributed by atoms with E-state index in [0.717, 1.165) is 25.2 Å². The zero-order valence-electron chi connectivity index (χ0n) is 18.5. The van der Waals surface area contributed by atoms with E-state index in [-0.39, 0.29) is 5.78 Å². The van der Waals surface area contributed by atoms with Crippen LogP contribution in [0.5, 0.6) is 0 Å². The number of aliphatic carboxylic acids is 2. The van der Waals surface area contributed by atoms with Crippen molar-refractivity contribution in [2.75, 3.05) is 25.0 Å². The molecule has 1 saturated heterocycles. The molecule has 1 aliphatic rings. The summed E-state index contributed by atoms with van der Waals surface area (Å²) < 4.78 is 0. The molecule has 1 aliphatic heterocycles. The summed E-state index contributed by atoms with van der Waals surface area (Å²) in [5, 5.41) is 15.6. The summed E-state index contributed by atoms with van der Waals surface area (Å²) in [6.45, 7) is 4.77. The maximum absolute atomic E-state index is 11.4. The quantitative estimate of drug-likeness (QED) is 0.502. The molecule has 2 N–H and O–H groups in total. The minimum atomic E-state index is -1.26. The predicted octanol–water partition coefficient (Wildman–Crippen LogP) is 3.70. The number of piperidine rings is 1. The van der Waals surface area contributed by atoms with Crippen LogP contribution in [0.1, 0.15) is 35.7 Å². The van der Waals surface area contributed by atoms with Crippen molar-refractivity contribution in [3.8, 4) is 0 Å². The van der Waals surface area contributed by atoms with Gasteiger partial charge in [-0.15, -0.1) is 0 Å². The van der Waals surface area contributed by atoms with Crippen LogP contribution in [-0.4, -0.2) is 59.0 Å². The summed E-state index contributed by atoms with van der Waals surface area (Å²) in [4.78, 5) is 35.4. The highest BCUT2D eigenvalue weighted by molar-refractivity contribution is 5.94. The maximum Gasteiger partial charge on any atom is 0.328 e. The van der Waals surface area contributed by atoms with E-state index in [0.29, 0.717) is 18.2 Å². The van der Waals surface area contributed by atoms with Crippen molar-refractivity contribution in [3.63, 3.8) is 0 Å². The summed E-state index contributed by atoms with van der Waals surface area (Å²) in [5.41, 5.74) is 3.39. The van der Waals surface area contributed by atoms with E-state index in [2.05, 4.69) is 59.3 Å². The summed E-state index contributed by atoms with van der Waals surface area (Å²) in [7, 11) is 2.23. The zero-order chi connectivity index (χ0) is 23.5. The highest BCUT2D eigenvalue weighted by Gasteiger charge is 2.22. The van der Waals surface area contributed by atoms with E-state index in [4.69, 9.17) is 10.2 Å². The number of rotatable bonds is 7. The first-order chi connectivity index (χ1) is 15.3. The van der Waals surface area contributed by atoms with Gasteiger partial charge in [0.1, 0.15) is 0 Å². The number of Topliss-reactive ketones (excluding diaryl/α,β-unsaturated/α-hetero) is 1. The Morgan fingerprint density at radius 2 is 1.47 bits per heavy atom. The Labute approximate surface area is 188 Å². The van der Waals surface area contributed by atoms with Crippen molar-refractivity contribution in [1.29, 1.82) is 0 Å². The highest BCUT2D eigenvalue weighted by atomic mass is 16.4. The van der Waals surface area contributed by atoms with E-state index in [9.17, 15) is 14.4 Å². The van der Waals surface area contributed by atoms with E-state index < -0.39 is 11.9 Å². The average Bonchev–Trinajstić information content (AvgIpc) is 2.79. The third kappa shape index (κ3) is 8.35. The minimum absolute atomic E-state index is 0.128. The van der Waals surface area contributed by atoms with Crippen molar-refractivity contribution in [2.24, 2.45) is 0 Å². The van der Waals surface area contributed by atoms with Gasteiger partial charge in [0, 0.05) is 49.1 Å². The lowest BCUT2D eigenvalue weighted by atomic mass is 10.0. The van der Waals surface area contributed by atoms with Gasteiger partial charge in [-0.05, 0) is 56.6 Å². The molecule has 0 amide bonds. The molecule has 0 aromatic heterocycles. The summed E-state index contributed by atoms with van der Waals surface area (Å²) in [6.07, 6.45) is 3.47. The first-order valence-corrected chi connectivity index (χ1v) is 10.5. The molecule has 0 unspecified atom stereocenters. The number of anilines is 1. The Balaban J connectivity index is 0.000000390. The molecule has 0 bridgehead atoms. The highest BCUT2D eigenvalue weighted by Crippen LogP contribution is 2.23. The molecule has 0 saturated carbocycles. The Bertz CT molecular complexity index is 901. The molecule has 1 heterocycles. The Morgan fingerprint density at radius 1 is 0.938 bits per heavy atom. The van der Waals surface area contributed by atoms with Gasteiger partial charge in [-0.1, -0.05) is 30.3 Å². The average molecular weight is 439 g/mol. The van der Waals surface area contributed by atoms with Gasteiger partial charge in [-0.25, -0.2) is 9.59 Å². The van der Waals surface area contributed by atoms with Crippen LogP contribution in [-0.2, 0) is 16.1 Å². The van der Waals surface area contributed by atoms with Crippen molar-refractivity contribution in [3.05, 3.63) is 77.9 Å². The van der Waals surface area contributed by atoms with Gasteiger partial charge in [0.15, 0.2) is 5.78 Å². The number of hydrogen-bond acceptors (Lipinski definition) is 5. The fourth-order valence-corrected chi connectivity index (χ4v) is 3.61. The second kappa shape index (κ2) is 12.4. The number of hydrogen-bond donors (Lipinski definition) is 2. The number of carboxylic acid groups (broad SMARTS) is 2. The maximum atomic E-state index is 11.4. The topological polar surface area (TPSA) is 98.2 Å². The summed E-state index contributed by atoms with van der Waals surface area (Å²) in [6, 6.07) is 19.3. The van der Waals surface area contributed by atoms with Gasteiger partial charge in [0.2, 0.25) is 0 Å². The van der Waals surface area contributed by atoms with Crippen molar-refractivity contribution >= 4 is 23.4 Å². The Hall–Kier alpha value is -3.45. The number of benzene rings is 2. The molecule has 1 fully saturated rings. The van der Waals surface area contributed by atoms with Crippen LogP contribution in [0, 0.1) is 0 Å². The van der Waals surface area contributed by atoms with Crippen molar-refractivity contribution in [2.45, 2.75) is 32.4 Å². The third-order valence-corrected chi connectivity index (χ3v) is 5.37. The van der Waals surface area contributed by atoms with Gasteiger partial charge in [-0.3, -0.25) is 9.69 Å². The second-order valence-corrected chi connectivity index (χ2v) is 7.73. The smallest absolute Gasteiger partial charge is 0.328 e. The monoisotopic (exact) mass is 438 g/mol. The summed E-state index contributed by atoms with van der Waals surface area (Å²) >= 11 is 0. The third-order valence-electron chi connectivity index (χ3n) is 5.37. The molecule has 2 aromatic carbocycles. The van der Waals surface area contributed by atoms with E-state index >= 15 is 0 Å². The van der Waals surface area contributed by atoms with Gasteiger partial charge in [0.05, 0.1) is 0 Å². The van der Waals surface area contributed by atoms with Gasteiger partial charge in [-0.2, -0.15) is 0 Å². The molecule has 170 valence electrons. The summed E-state index contributed by atoms with van der Waals surface area (Å²) in [5.74, 6) is -2.39. The number of carbonyl (C=O) groups is 3. The standard InChI is InChI=1S/C21H26N2O.C4H4O4/c1-17(24)19-8-10-21(11-9-19)23-14-12-20(13-15-23)22(2)16-18-6-4-3-5-7-18;5-3(6)1-2-4(7)8/h3-11,20H,12-16H2,1-2H3;1-2H,(H,5,6)(H,7,8). The Kier molecular flexibility index (Phi) is 9.63. The number of carbonyl (C=O) groups excluding carboxylic acids is 1. The molecule has 0 spiro atoms. The first-order valence-electron chi connectivity index (χ1n) is 10.5. The van der Waals surface area contributed by atoms with Gasteiger partial charge >= 0.3 is 11.9 Å². The molecule has 7 nitrogen and oxygen atoms in total. The lowest BCUT2D eigenvalue weighted by Gasteiger charge is -2.38. The molecule has 0 atom stereocenters. The van der Waals surface area contributed by atoms with Crippen LogP contribution >= 0.6 is 0 Å². The second-order valence-electron chi connectivity index (χ2n) is 7.73. The number of ketones is 1. The van der Waals surface area contributed by atoms with E-state index in [1.54, 1.807) is 6.92 Å². The van der Waals surface area contributed by atoms with Crippen LogP contribution in [0.15, 0.2) is 66.7 Å². The molecular weight excluding hydrogens is 408 g/mol. The number of carboxylic acids is 2. The van der Waals surface area contributed by atoms with Crippen LogP contribution in [0.25, 0.3) is 0 Å². The van der Waals surface area contributed by atoms with Gasteiger partial charge in [0.25, 0.3) is 0 Å². The fraction of sp³-hybridized carbons (Fsp3) is 0.320. The normalized spacial score (nSPS) is 14.2.